The fraction of sp³-hybridized carbons (Fsp3) is 0.708. The maximum atomic E-state index is 12.3. The average molecular weight is 426 g/mol. The predicted octanol–water partition coefficient (Wildman–Crippen LogP) is 2.85. The standard InChI is InChI=1S/C24H35N5O2/c1-3-21-11-22(27-31-21)24-12-19(24)15-29(16-24)9-8-17-4-6-20(7-5-17)26-23(30)10-18-13-25-28(2)14-18/h11,13-14,17,19-20H,3-10,12,15-16H2,1-2H3,(H,26,30)/t17?,19-,20?,24-/m0/s1. The molecular formula is C24H35N5O2. The number of carbonyl (C=O) groups is 1. The van der Waals surface area contributed by atoms with E-state index in [9.17, 15) is 4.79 Å². The Kier molecular flexibility index (Phi) is 5.63. The lowest BCUT2D eigenvalue weighted by molar-refractivity contribution is -0.121. The van der Waals surface area contributed by atoms with Gasteiger partial charge in [0, 0.05) is 50.3 Å². The summed E-state index contributed by atoms with van der Waals surface area (Å²) >= 11 is 0. The summed E-state index contributed by atoms with van der Waals surface area (Å²) in [6.45, 7) is 5.68. The number of rotatable bonds is 8. The molecule has 2 aromatic heterocycles. The van der Waals surface area contributed by atoms with Crippen LogP contribution in [-0.4, -0.2) is 51.4 Å². The average Bonchev–Trinajstić information content (AvgIpc) is 3.17. The van der Waals surface area contributed by atoms with Gasteiger partial charge in [-0.15, -0.1) is 0 Å². The number of piperidine rings is 1. The summed E-state index contributed by atoms with van der Waals surface area (Å²) in [5, 5.41) is 11.8. The second-order valence-electron chi connectivity index (χ2n) is 10.1. The van der Waals surface area contributed by atoms with E-state index in [1.54, 1.807) is 10.9 Å². The molecule has 168 valence electrons. The van der Waals surface area contributed by atoms with Gasteiger partial charge in [-0.2, -0.15) is 5.10 Å². The van der Waals surface area contributed by atoms with Crippen LogP contribution < -0.4 is 5.32 Å². The zero-order chi connectivity index (χ0) is 21.4. The van der Waals surface area contributed by atoms with E-state index in [0.29, 0.717) is 12.5 Å². The van der Waals surface area contributed by atoms with Crippen LogP contribution in [0, 0.1) is 11.8 Å². The quantitative estimate of drug-likeness (QED) is 0.704. The van der Waals surface area contributed by atoms with E-state index in [4.69, 9.17) is 4.52 Å². The Balaban J connectivity index is 1.02. The number of aryl methyl sites for hydroxylation is 2. The van der Waals surface area contributed by atoms with Crippen molar-refractivity contribution in [2.24, 2.45) is 18.9 Å². The van der Waals surface area contributed by atoms with Crippen LogP contribution in [0.3, 0.4) is 0 Å². The van der Waals surface area contributed by atoms with Crippen molar-refractivity contribution >= 4 is 5.91 Å². The smallest absolute Gasteiger partial charge is 0.224 e. The SMILES string of the molecule is CCc1cc([C@]23C[C@H]2CN(CCC2CCC(NC(=O)Cc4cnn(C)c4)CC2)C3)no1. The Morgan fingerprint density at radius 1 is 1.32 bits per heavy atom. The van der Waals surface area contributed by atoms with Crippen molar-refractivity contribution in [3.05, 3.63) is 35.5 Å². The van der Waals surface area contributed by atoms with Crippen LogP contribution in [0.5, 0.6) is 0 Å². The molecule has 2 saturated carbocycles. The first-order valence-electron chi connectivity index (χ1n) is 12.0. The highest BCUT2D eigenvalue weighted by molar-refractivity contribution is 5.78. The Bertz CT molecular complexity index is 913. The molecule has 1 N–H and O–H groups in total. The predicted molar refractivity (Wildman–Crippen MR) is 118 cm³/mol. The van der Waals surface area contributed by atoms with Gasteiger partial charge in [0.1, 0.15) is 5.76 Å². The lowest BCUT2D eigenvalue weighted by Gasteiger charge is -2.30. The maximum Gasteiger partial charge on any atom is 0.224 e. The molecule has 7 nitrogen and oxygen atoms in total. The molecule has 31 heavy (non-hydrogen) atoms. The largest absolute Gasteiger partial charge is 0.361 e. The number of nitrogens with zero attached hydrogens (tertiary/aromatic N) is 4. The van der Waals surface area contributed by atoms with Crippen molar-refractivity contribution < 1.29 is 9.32 Å². The summed E-state index contributed by atoms with van der Waals surface area (Å²) in [4.78, 5) is 15.0. The van der Waals surface area contributed by atoms with E-state index in [1.165, 1.54) is 44.5 Å². The lowest BCUT2D eigenvalue weighted by Crippen LogP contribution is -2.39. The van der Waals surface area contributed by atoms with Crippen LogP contribution in [0.25, 0.3) is 0 Å². The molecule has 2 aliphatic carbocycles. The molecule has 5 rings (SSSR count). The number of hydrogen-bond donors (Lipinski definition) is 1. The zero-order valence-electron chi connectivity index (χ0n) is 18.8. The Labute approximate surface area is 184 Å². The van der Waals surface area contributed by atoms with E-state index in [2.05, 4.69) is 33.5 Å². The minimum atomic E-state index is 0.122. The highest BCUT2D eigenvalue weighted by Crippen LogP contribution is 2.58. The third-order valence-electron chi connectivity index (χ3n) is 7.82. The summed E-state index contributed by atoms with van der Waals surface area (Å²) in [5.41, 5.74) is 2.46. The monoisotopic (exact) mass is 425 g/mol. The van der Waals surface area contributed by atoms with Crippen LogP contribution in [0.15, 0.2) is 23.0 Å². The summed E-state index contributed by atoms with van der Waals surface area (Å²) < 4.78 is 7.22. The third kappa shape index (κ3) is 4.43. The first kappa shape index (κ1) is 20.7. The van der Waals surface area contributed by atoms with Crippen molar-refractivity contribution in [1.29, 1.82) is 0 Å². The van der Waals surface area contributed by atoms with Crippen LogP contribution in [-0.2, 0) is 30.1 Å². The molecule has 3 heterocycles. The van der Waals surface area contributed by atoms with Gasteiger partial charge < -0.3 is 14.7 Å². The molecule has 3 fully saturated rings. The second-order valence-corrected chi connectivity index (χ2v) is 10.1. The van der Waals surface area contributed by atoms with Crippen LogP contribution in [0.4, 0.5) is 0 Å². The minimum Gasteiger partial charge on any atom is -0.361 e. The molecule has 2 aromatic rings. The van der Waals surface area contributed by atoms with E-state index in [0.717, 1.165) is 49.0 Å². The number of aromatic nitrogens is 3. The zero-order valence-corrected chi connectivity index (χ0v) is 18.8. The van der Waals surface area contributed by atoms with E-state index < -0.39 is 0 Å². The molecule has 1 saturated heterocycles. The van der Waals surface area contributed by atoms with Crippen molar-refractivity contribution in [3.63, 3.8) is 0 Å². The van der Waals surface area contributed by atoms with Gasteiger partial charge in [-0.25, -0.2) is 0 Å². The summed E-state index contributed by atoms with van der Waals surface area (Å²) in [6, 6.07) is 2.52. The number of fused-ring (bicyclic) bond motifs is 1. The Morgan fingerprint density at radius 3 is 2.87 bits per heavy atom. The molecule has 1 aliphatic heterocycles. The van der Waals surface area contributed by atoms with Gasteiger partial charge in [0.2, 0.25) is 5.91 Å². The highest BCUT2D eigenvalue weighted by atomic mass is 16.5. The number of nitrogens with one attached hydrogen (secondary N) is 1. The molecular weight excluding hydrogens is 390 g/mol. The Hall–Kier alpha value is -2.15. The summed E-state index contributed by atoms with van der Waals surface area (Å²) in [7, 11) is 1.88. The van der Waals surface area contributed by atoms with Gasteiger partial charge in [0.05, 0.1) is 18.3 Å². The van der Waals surface area contributed by atoms with Crippen molar-refractivity contribution in [2.75, 3.05) is 19.6 Å². The van der Waals surface area contributed by atoms with E-state index in [-0.39, 0.29) is 11.3 Å². The van der Waals surface area contributed by atoms with Crippen LogP contribution in [0.2, 0.25) is 0 Å². The van der Waals surface area contributed by atoms with Gasteiger partial charge in [0.15, 0.2) is 0 Å². The van der Waals surface area contributed by atoms with Crippen molar-refractivity contribution in [1.82, 2.24) is 25.2 Å². The highest BCUT2D eigenvalue weighted by Gasteiger charge is 2.62. The van der Waals surface area contributed by atoms with E-state index >= 15 is 0 Å². The Morgan fingerprint density at radius 2 is 2.16 bits per heavy atom. The first-order chi connectivity index (χ1) is 15.0. The third-order valence-corrected chi connectivity index (χ3v) is 7.82. The maximum absolute atomic E-state index is 12.3. The fourth-order valence-electron chi connectivity index (χ4n) is 5.86. The fourth-order valence-corrected chi connectivity index (χ4v) is 5.86. The van der Waals surface area contributed by atoms with Gasteiger partial charge in [-0.1, -0.05) is 12.1 Å². The normalized spacial score (nSPS) is 30.3. The van der Waals surface area contributed by atoms with Crippen molar-refractivity contribution in [2.45, 2.75) is 69.7 Å². The lowest BCUT2D eigenvalue weighted by atomic mass is 9.84. The van der Waals surface area contributed by atoms with Gasteiger partial charge in [-0.05, 0) is 62.5 Å². The molecule has 7 heteroatoms. The number of likely N-dealkylation sites (tertiary alicyclic amines) is 1. The summed E-state index contributed by atoms with van der Waals surface area (Å²) in [6.07, 6.45) is 12.3. The molecule has 0 radical (unpaired) electrons. The molecule has 3 aliphatic rings. The molecule has 0 spiro atoms. The molecule has 0 unspecified atom stereocenters. The van der Waals surface area contributed by atoms with Gasteiger partial charge in [-0.3, -0.25) is 9.48 Å². The minimum absolute atomic E-state index is 0.122. The van der Waals surface area contributed by atoms with Crippen molar-refractivity contribution in [3.8, 4) is 0 Å². The molecule has 0 aromatic carbocycles. The van der Waals surface area contributed by atoms with E-state index in [1.807, 2.05) is 13.2 Å². The molecule has 1 amide bonds. The second kappa shape index (κ2) is 8.41. The topological polar surface area (TPSA) is 76.2 Å². The molecule has 0 bridgehead atoms. The van der Waals surface area contributed by atoms with Gasteiger partial charge >= 0.3 is 0 Å². The van der Waals surface area contributed by atoms with Crippen LogP contribution >= 0.6 is 0 Å². The van der Waals surface area contributed by atoms with Gasteiger partial charge in [0.25, 0.3) is 0 Å². The number of hydrogen-bond acceptors (Lipinski definition) is 5. The van der Waals surface area contributed by atoms with Crippen LogP contribution in [0.1, 0.15) is 62.5 Å². The number of carbonyl (C=O) groups excluding carboxylic acids is 1. The first-order valence-corrected chi connectivity index (χ1v) is 12.0. The number of amides is 1. The molecule has 2 atom stereocenters. The summed E-state index contributed by atoms with van der Waals surface area (Å²) in [5.74, 6) is 2.70.